The standard InChI is InChI=1S/C19H32N2/c1-14-11-15(2)19(16(3)12-14)18(20)13-21(4)17-9-7-5-6-8-10-17/h11-12,17-18H,5-10,13,20H2,1-4H3. The molecule has 0 spiro atoms. The van der Waals surface area contributed by atoms with Crippen LogP contribution in [0.2, 0.25) is 0 Å². The van der Waals surface area contributed by atoms with E-state index in [-0.39, 0.29) is 6.04 Å². The van der Waals surface area contributed by atoms with Crippen LogP contribution in [0.3, 0.4) is 0 Å². The van der Waals surface area contributed by atoms with Gasteiger partial charge in [-0.3, -0.25) is 0 Å². The van der Waals surface area contributed by atoms with Gasteiger partial charge in [0.2, 0.25) is 0 Å². The normalized spacial score (nSPS) is 18.8. The van der Waals surface area contributed by atoms with Gasteiger partial charge >= 0.3 is 0 Å². The molecule has 1 atom stereocenters. The van der Waals surface area contributed by atoms with Crippen molar-refractivity contribution in [3.05, 3.63) is 34.4 Å². The van der Waals surface area contributed by atoms with E-state index >= 15 is 0 Å². The van der Waals surface area contributed by atoms with Crippen molar-refractivity contribution in [2.45, 2.75) is 71.4 Å². The quantitative estimate of drug-likeness (QED) is 0.839. The second kappa shape index (κ2) is 7.42. The lowest BCUT2D eigenvalue weighted by molar-refractivity contribution is 0.209. The molecule has 2 N–H and O–H groups in total. The number of nitrogens with zero attached hydrogens (tertiary/aromatic N) is 1. The van der Waals surface area contributed by atoms with Crippen LogP contribution in [0.5, 0.6) is 0 Å². The zero-order valence-electron chi connectivity index (χ0n) is 14.3. The molecule has 1 saturated carbocycles. The summed E-state index contributed by atoms with van der Waals surface area (Å²) in [5.74, 6) is 0. The van der Waals surface area contributed by atoms with Crippen molar-refractivity contribution >= 4 is 0 Å². The number of rotatable bonds is 4. The Morgan fingerprint density at radius 2 is 1.57 bits per heavy atom. The largest absolute Gasteiger partial charge is 0.323 e. The Balaban J connectivity index is 2.05. The Morgan fingerprint density at radius 1 is 1.05 bits per heavy atom. The fraction of sp³-hybridized carbons (Fsp3) is 0.684. The highest BCUT2D eigenvalue weighted by molar-refractivity contribution is 5.39. The van der Waals surface area contributed by atoms with Crippen LogP contribution < -0.4 is 5.73 Å². The van der Waals surface area contributed by atoms with Crippen molar-refractivity contribution in [2.24, 2.45) is 5.73 Å². The van der Waals surface area contributed by atoms with Crippen molar-refractivity contribution in [2.75, 3.05) is 13.6 Å². The Morgan fingerprint density at radius 3 is 2.10 bits per heavy atom. The molecule has 118 valence electrons. The summed E-state index contributed by atoms with van der Waals surface area (Å²) in [7, 11) is 2.26. The van der Waals surface area contributed by atoms with Gasteiger partial charge < -0.3 is 10.6 Å². The van der Waals surface area contributed by atoms with Crippen LogP contribution in [0.15, 0.2) is 12.1 Å². The molecule has 1 aromatic carbocycles. The van der Waals surface area contributed by atoms with Gasteiger partial charge in [-0.2, -0.15) is 0 Å². The van der Waals surface area contributed by atoms with Gasteiger partial charge in [-0.05, 0) is 57.4 Å². The molecule has 1 aliphatic carbocycles. The lowest BCUT2D eigenvalue weighted by Crippen LogP contribution is -2.37. The average molecular weight is 288 g/mol. The predicted molar refractivity (Wildman–Crippen MR) is 91.7 cm³/mol. The summed E-state index contributed by atoms with van der Waals surface area (Å²) in [6.45, 7) is 7.52. The minimum atomic E-state index is 0.124. The molecule has 2 rings (SSSR count). The van der Waals surface area contributed by atoms with Gasteiger partial charge in [0.05, 0.1) is 0 Å². The Kier molecular flexibility index (Phi) is 5.83. The summed E-state index contributed by atoms with van der Waals surface area (Å²) >= 11 is 0. The number of hydrogen-bond acceptors (Lipinski definition) is 2. The number of nitrogens with two attached hydrogens (primary N) is 1. The van der Waals surface area contributed by atoms with Crippen molar-refractivity contribution < 1.29 is 0 Å². The average Bonchev–Trinajstić information content (AvgIpc) is 2.65. The predicted octanol–water partition coefficient (Wildman–Crippen LogP) is 4.27. The molecule has 0 bridgehead atoms. The van der Waals surface area contributed by atoms with Crippen LogP contribution in [0.25, 0.3) is 0 Å². The molecular weight excluding hydrogens is 256 g/mol. The molecule has 0 radical (unpaired) electrons. The second-order valence-corrected chi connectivity index (χ2v) is 7.00. The van der Waals surface area contributed by atoms with Crippen molar-refractivity contribution in [1.29, 1.82) is 0 Å². The molecule has 1 fully saturated rings. The third-order valence-corrected chi connectivity index (χ3v) is 5.04. The highest BCUT2D eigenvalue weighted by Gasteiger charge is 2.21. The van der Waals surface area contributed by atoms with Crippen molar-refractivity contribution in [1.82, 2.24) is 4.90 Å². The number of likely N-dealkylation sites (N-methyl/N-ethyl adjacent to an activating group) is 1. The Labute approximate surface area is 130 Å². The first kappa shape index (κ1) is 16.5. The highest BCUT2D eigenvalue weighted by atomic mass is 15.1. The molecule has 0 saturated heterocycles. The summed E-state index contributed by atoms with van der Waals surface area (Å²) in [5, 5.41) is 0. The summed E-state index contributed by atoms with van der Waals surface area (Å²) < 4.78 is 0. The molecule has 0 amide bonds. The van der Waals surface area contributed by atoms with Gasteiger partial charge in [-0.1, -0.05) is 43.4 Å². The molecule has 2 heteroatoms. The van der Waals surface area contributed by atoms with Gasteiger partial charge in [-0.15, -0.1) is 0 Å². The van der Waals surface area contributed by atoms with E-state index in [2.05, 4.69) is 44.9 Å². The first-order valence-electron chi connectivity index (χ1n) is 8.52. The highest BCUT2D eigenvalue weighted by Crippen LogP contribution is 2.25. The second-order valence-electron chi connectivity index (χ2n) is 7.00. The van der Waals surface area contributed by atoms with E-state index in [1.807, 2.05) is 0 Å². The SMILES string of the molecule is Cc1cc(C)c(C(N)CN(C)C2CCCCCC2)c(C)c1. The van der Waals surface area contributed by atoms with Gasteiger partial charge in [0.25, 0.3) is 0 Å². The zero-order chi connectivity index (χ0) is 15.4. The summed E-state index contributed by atoms with van der Waals surface area (Å²) in [5.41, 5.74) is 11.9. The molecule has 2 nitrogen and oxygen atoms in total. The Bertz CT molecular complexity index is 436. The zero-order valence-corrected chi connectivity index (χ0v) is 14.3. The molecule has 21 heavy (non-hydrogen) atoms. The Hall–Kier alpha value is -0.860. The molecule has 1 unspecified atom stereocenters. The fourth-order valence-corrected chi connectivity index (χ4v) is 4.03. The third-order valence-electron chi connectivity index (χ3n) is 5.04. The molecular formula is C19H32N2. The molecule has 0 aromatic heterocycles. The first-order valence-corrected chi connectivity index (χ1v) is 8.52. The molecule has 0 heterocycles. The summed E-state index contributed by atoms with van der Waals surface area (Å²) in [6, 6.07) is 5.37. The van der Waals surface area contributed by atoms with E-state index in [9.17, 15) is 0 Å². The van der Waals surface area contributed by atoms with Crippen LogP contribution in [0.4, 0.5) is 0 Å². The van der Waals surface area contributed by atoms with E-state index < -0.39 is 0 Å². The third kappa shape index (κ3) is 4.31. The number of hydrogen-bond donors (Lipinski definition) is 1. The minimum absolute atomic E-state index is 0.124. The topological polar surface area (TPSA) is 29.3 Å². The van der Waals surface area contributed by atoms with Crippen LogP contribution >= 0.6 is 0 Å². The smallest absolute Gasteiger partial charge is 0.0429 e. The maximum atomic E-state index is 6.55. The lowest BCUT2D eigenvalue weighted by Gasteiger charge is -2.30. The van der Waals surface area contributed by atoms with Crippen LogP contribution in [0.1, 0.15) is 66.8 Å². The van der Waals surface area contributed by atoms with Gasteiger partial charge in [0, 0.05) is 18.6 Å². The van der Waals surface area contributed by atoms with E-state index in [4.69, 9.17) is 5.73 Å². The van der Waals surface area contributed by atoms with Crippen LogP contribution in [-0.2, 0) is 0 Å². The minimum Gasteiger partial charge on any atom is -0.323 e. The maximum Gasteiger partial charge on any atom is 0.0429 e. The van der Waals surface area contributed by atoms with E-state index in [1.165, 1.54) is 60.8 Å². The van der Waals surface area contributed by atoms with E-state index in [1.54, 1.807) is 0 Å². The summed E-state index contributed by atoms with van der Waals surface area (Å²) in [4.78, 5) is 2.51. The van der Waals surface area contributed by atoms with Crippen LogP contribution in [-0.4, -0.2) is 24.5 Å². The first-order chi connectivity index (χ1) is 9.99. The monoisotopic (exact) mass is 288 g/mol. The van der Waals surface area contributed by atoms with E-state index in [0.717, 1.165) is 12.6 Å². The molecule has 0 aliphatic heterocycles. The molecule has 1 aromatic rings. The molecule has 1 aliphatic rings. The van der Waals surface area contributed by atoms with E-state index in [0.29, 0.717) is 0 Å². The number of benzene rings is 1. The lowest BCUT2D eigenvalue weighted by atomic mass is 9.93. The van der Waals surface area contributed by atoms with Gasteiger partial charge in [0.15, 0.2) is 0 Å². The maximum absolute atomic E-state index is 6.55. The van der Waals surface area contributed by atoms with Crippen molar-refractivity contribution in [3.8, 4) is 0 Å². The number of aryl methyl sites for hydroxylation is 3. The van der Waals surface area contributed by atoms with Gasteiger partial charge in [-0.25, -0.2) is 0 Å². The van der Waals surface area contributed by atoms with Crippen molar-refractivity contribution in [3.63, 3.8) is 0 Å². The summed E-state index contributed by atoms with van der Waals surface area (Å²) in [6.07, 6.45) is 8.27. The fourth-order valence-electron chi connectivity index (χ4n) is 4.03. The van der Waals surface area contributed by atoms with Crippen LogP contribution in [0, 0.1) is 20.8 Å². The van der Waals surface area contributed by atoms with Gasteiger partial charge in [0.1, 0.15) is 0 Å².